The van der Waals surface area contributed by atoms with E-state index in [2.05, 4.69) is 20.9 Å². The lowest BCUT2D eigenvalue weighted by molar-refractivity contribution is -0.151. The van der Waals surface area contributed by atoms with E-state index < -0.39 is 36.6 Å². The Morgan fingerprint density at radius 3 is 2.60 bits per heavy atom. The van der Waals surface area contributed by atoms with Crippen LogP contribution in [0.2, 0.25) is 10.0 Å². The molecule has 0 saturated carbocycles. The number of imidazole rings is 1. The fraction of sp³-hybridized carbons (Fsp3) is 0.391. The fourth-order valence-corrected chi connectivity index (χ4v) is 4.78. The van der Waals surface area contributed by atoms with Crippen LogP contribution in [-0.2, 0) is 20.7 Å². The van der Waals surface area contributed by atoms with Gasteiger partial charge in [-0.05, 0) is 59.1 Å². The largest absolute Gasteiger partial charge is 0.494 e. The number of aromatic nitrogens is 2. The molecular formula is C23H24BrCl2N3O6. The molecule has 5 atom stereocenters. The number of hydrogen-bond acceptors (Lipinski definition) is 8. The number of aliphatic hydroxyl groups is 2. The molecule has 4 rings (SSSR count). The van der Waals surface area contributed by atoms with Crippen LogP contribution in [0.25, 0.3) is 11.0 Å². The second-order valence-corrected chi connectivity index (χ2v) is 9.59. The normalized spacial score (nSPS) is 22.9. The molecule has 2 heterocycles. The van der Waals surface area contributed by atoms with Crippen LogP contribution in [0.3, 0.4) is 0 Å². The molecule has 0 spiro atoms. The fourth-order valence-electron chi connectivity index (χ4n) is 3.88. The SMILES string of the molecule is CCOc1ccc(C[C@H](N)C(=O)OCC2OC(n3c(Br)nc4cc(Cl)c(Cl)cc43)C(O)C2O)cc1. The minimum Gasteiger partial charge on any atom is -0.494 e. The maximum Gasteiger partial charge on any atom is 0.323 e. The molecule has 1 aliphatic heterocycles. The lowest BCUT2D eigenvalue weighted by Crippen LogP contribution is -2.38. The van der Waals surface area contributed by atoms with E-state index in [0.717, 1.165) is 11.3 Å². The molecule has 1 aliphatic rings. The molecule has 1 fully saturated rings. The van der Waals surface area contributed by atoms with E-state index in [9.17, 15) is 15.0 Å². The third kappa shape index (κ3) is 5.59. The Morgan fingerprint density at radius 2 is 1.91 bits per heavy atom. The van der Waals surface area contributed by atoms with Gasteiger partial charge in [-0.15, -0.1) is 0 Å². The summed E-state index contributed by atoms with van der Waals surface area (Å²) in [6.45, 7) is 2.17. The number of benzene rings is 2. The van der Waals surface area contributed by atoms with Gasteiger partial charge in [-0.25, -0.2) is 4.98 Å². The Hall–Kier alpha value is -1.92. The van der Waals surface area contributed by atoms with Crippen molar-refractivity contribution in [3.63, 3.8) is 0 Å². The van der Waals surface area contributed by atoms with E-state index in [0.29, 0.717) is 32.4 Å². The molecule has 9 nitrogen and oxygen atoms in total. The molecule has 0 aliphatic carbocycles. The molecule has 2 aromatic carbocycles. The zero-order valence-electron chi connectivity index (χ0n) is 18.6. The van der Waals surface area contributed by atoms with E-state index in [1.165, 1.54) is 0 Å². The molecule has 4 unspecified atom stereocenters. The lowest BCUT2D eigenvalue weighted by Gasteiger charge is -2.18. The Balaban J connectivity index is 1.39. The third-order valence-electron chi connectivity index (χ3n) is 5.66. The molecule has 12 heteroatoms. The number of carbonyl (C=O) groups is 1. The summed E-state index contributed by atoms with van der Waals surface area (Å²) in [5, 5.41) is 21.8. The maximum atomic E-state index is 12.4. The summed E-state index contributed by atoms with van der Waals surface area (Å²) in [4.78, 5) is 16.8. The monoisotopic (exact) mass is 587 g/mol. The number of rotatable bonds is 8. The number of hydrogen-bond donors (Lipinski definition) is 3. The summed E-state index contributed by atoms with van der Waals surface area (Å²) in [5.74, 6) is 0.0823. The average molecular weight is 589 g/mol. The molecule has 3 aromatic rings. The standard InChI is InChI=1S/C23H24BrCl2N3O6/c1-2-33-12-5-3-11(4-6-12)7-15(27)22(32)34-10-18-19(30)20(31)21(35-18)29-17-9-14(26)13(25)8-16(17)28-23(29)24/h3-6,8-9,15,18-21,30-31H,2,7,10,27H2,1H3/t15-,18?,19?,20?,21?/m0/s1. The van der Waals surface area contributed by atoms with Crippen LogP contribution in [-0.4, -0.2) is 63.3 Å². The first kappa shape index (κ1) is 26.2. The quantitative estimate of drug-likeness (QED) is 0.342. The predicted molar refractivity (Wildman–Crippen MR) is 134 cm³/mol. The highest BCUT2D eigenvalue weighted by atomic mass is 79.9. The van der Waals surface area contributed by atoms with Gasteiger partial charge in [0.2, 0.25) is 0 Å². The summed E-state index contributed by atoms with van der Waals surface area (Å²) < 4.78 is 18.5. The van der Waals surface area contributed by atoms with E-state index in [1.807, 2.05) is 19.1 Å². The number of ether oxygens (including phenoxy) is 3. The zero-order valence-corrected chi connectivity index (χ0v) is 21.7. The van der Waals surface area contributed by atoms with Crippen molar-refractivity contribution in [1.82, 2.24) is 9.55 Å². The smallest absolute Gasteiger partial charge is 0.323 e. The van der Waals surface area contributed by atoms with Crippen LogP contribution in [0.15, 0.2) is 41.1 Å². The Morgan fingerprint density at radius 1 is 1.23 bits per heavy atom. The van der Waals surface area contributed by atoms with Gasteiger partial charge in [0.25, 0.3) is 0 Å². The molecular weight excluding hydrogens is 565 g/mol. The number of nitrogens with two attached hydrogens (primary N) is 1. The third-order valence-corrected chi connectivity index (χ3v) is 6.94. The van der Waals surface area contributed by atoms with Crippen molar-refractivity contribution in [2.45, 2.75) is 43.9 Å². The van der Waals surface area contributed by atoms with Crippen molar-refractivity contribution in [3.05, 3.63) is 56.7 Å². The topological polar surface area (TPSA) is 129 Å². The Bertz CT molecular complexity index is 1210. The van der Waals surface area contributed by atoms with Crippen molar-refractivity contribution in [2.24, 2.45) is 5.73 Å². The number of fused-ring (bicyclic) bond motifs is 1. The van der Waals surface area contributed by atoms with Gasteiger partial charge in [-0.3, -0.25) is 9.36 Å². The first-order chi connectivity index (χ1) is 16.7. The molecule has 1 aromatic heterocycles. The average Bonchev–Trinajstić information content (AvgIpc) is 3.28. The molecule has 1 saturated heterocycles. The molecule has 0 bridgehead atoms. The van der Waals surface area contributed by atoms with Gasteiger partial charge in [0.1, 0.15) is 36.7 Å². The van der Waals surface area contributed by atoms with Gasteiger partial charge in [-0.1, -0.05) is 35.3 Å². The zero-order chi connectivity index (χ0) is 25.3. The predicted octanol–water partition coefficient (Wildman–Crippen LogP) is 3.24. The summed E-state index contributed by atoms with van der Waals surface area (Å²) in [6.07, 6.45) is -4.37. The lowest BCUT2D eigenvalue weighted by atomic mass is 10.1. The van der Waals surface area contributed by atoms with Crippen LogP contribution in [0.1, 0.15) is 18.7 Å². The van der Waals surface area contributed by atoms with Crippen LogP contribution in [0, 0.1) is 0 Å². The number of halogens is 3. The number of nitrogens with zero attached hydrogens (tertiary/aromatic N) is 2. The van der Waals surface area contributed by atoms with E-state index in [4.69, 9.17) is 43.1 Å². The maximum absolute atomic E-state index is 12.4. The van der Waals surface area contributed by atoms with Crippen molar-refractivity contribution >= 4 is 56.1 Å². The Labute approximate surface area is 219 Å². The first-order valence-electron chi connectivity index (χ1n) is 10.9. The minimum atomic E-state index is -1.32. The van der Waals surface area contributed by atoms with Gasteiger partial charge in [-0.2, -0.15) is 0 Å². The number of aliphatic hydroxyl groups excluding tert-OH is 2. The number of carbonyl (C=O) groups excluding carboxylic acids is 1. The van der Waals surface area contributed by atoms with Gasteiger partial charge in [0.15, 0.2) is 11.0 Å². The molecule has 0 amide bonds. The van der Waals surface area contributed by atoms with Gasteiger partial charge < -0.3 is 30.2 Å². The van der Waals surface area contributed by atoms with E-state index >= 15 is 0 Å². The highest BCUT2D eigenvalue weighted by Crippen LogP contribution is 2.37. The van der Waals surface area contributed by atoms with E-state index in [-0.39, 0.29) is 13.0 Å². The Kier molecular flexibility index (Phi) is 8.22. The highest BCUT2D eigenvalue weighted by Gasteiger charge is 2.45. The summed E-state index contributed by atoms with van der Waals surface area (Å²) in [6, 6.07) is 9.53. The minimum absolute atomic E-state index is 0.266. The van der Waals surface area contributed by atoms with Crippen LogP contribution < -0.4 is 10.5 Å². The van der Waals surface area contributed by atoms with Crippen LogP contribution >= 0.6 is 39.1 Å². The van der Waals surface area contributed by atoms with Crippen LogP contribution in [0.4, 0.5) is 0 Å². The molecule has 4 N–H and O–H groups in total. The second kappa shape index (κ2) is 11.0. The van der Waals surface area contributed by atoms with Crippen molar-refractivity contribution in [2.75, 3.05) is 13.2 Å². The highest BCUT2D eigenvalue weighted by molar-refractivity contribution is 9.10. The van der Waals surface area contributed by atoms with Crippen LogP contribution in [0.5, 0.6) is 5.75 Å². The molecule has 188 valence electrons. The first-order valence-corrected chi connectivity index (χ1v) is 12.4. The summed E-state index contributed by atoms with van der Waals surface area (Å²) in [7, 11) is 0. The summed E-state index contributed by atoms with van der Waals surface area (Å²) in [5.41, 5.74) is 7.91. The van der Waals surface area contributed by atoms with Crippen molar-refractivity contribution in [1.29, 1.82) is 0 Å². The van der Waals surface area contributed by atoms with Crippen molar-refractivity contribution in [3.8, 4) is 5.75 Å². The second-order valence-electron chi connectivity index (χ2n) is 8.07. The van der Waals surface area contributed by atoms with Gasteiger partial charge in [0, 0.05) is 0 Å². The van der Waals surface area contributed by atoms with Gasteiger partial charge in [0.05, 0.1) is 27.7 Å². The summed E-state index contributed by atoms with van der Waals surface area (Å²) >= 11 is 15.6. The number of esters is 1. The van der Waals surface area contributed by atoms with Crippen molar-refractivity contribution < 1.29 is 29.2 Å². The molecule has 35 heavy (non-hydrogen) atoms. The van der Waals surface area contributed by atoms with Gasteiger partial charge >= 0.3 is 5.97 Å². The molecule has 0 radical (unpaired) electrons. The van der Waals surface area contributed by atoms with E-state index in [1.54, 1.807) is 28.8 Å².